The Labute approximate surface area is 97.8 Å². The highest BCUT2D eigenvalue weighted by Crippen LogP contribution is 2.35. The maximum absolute atomic E-state index is 13.2. The van der Waals surface area contributed by atoms with Gasteiger partial charge in [-0.1, -0.05) is 0 Å². The molecule has 2 rings (SSSR count). The lowest BCUT2D eigenvalue weighted by Crippen LogP contribution is -2.38. The smallest absolute Gasteiger partial charge is 0.244 e. The van der Waals surface area contributed by atoms with E-state index in [0.717, 1.165) is 0 Å². The molecule has 1 aromatic carbocycles. The highest BCUT2D eigenvalue weighted by atomic mass is 19.2. The van der Waals surface area contributed by atoms with Crippen molar-refractivity contribution in [3.8, 4) is 0 Å². The van der Waals surface area contributed by atoms with E-state index in [2.05, 4.69) is 0 Å². The Balaban J connectivity index is 2.42. The van der Waals surface area contributed by atoms with Gasteiger partial charge in [0, 0.05) is 0 Å². The lowest BCUT2D eigenvalue weighted by Gasteiger charge is -2.12. The third kappa shape index (κ3) is 1.82. The molecule has 0 heterocycles. The zero-order valence-electron chi connectivity index (χ0n) is 8.79. The molecule has 0 unspecified atom stereocenters. The van der Waals surface area contributed by atoms with Crippen LogP contribution in [0.3, 0.4) is 0 Å². The standard InChI is InChI=1S/C10H7F5N2O/c11-3-4(12)6(14)8(7(15)5(3)13)17-9(18)10(16)1-2-10/h1-2,16H2,(H,17,18). The molecule has 0 aliphatic heterocycles. The lowest BCUT2D eigenvalue weighted by molar-refractivity contribution is -0.118. The molecule has 1 fully saturated rings. The number of nitrogens with two attached hydrogens (primary N) is 1. The Hall–Kier alpha value is -1.70. The fraction of sp³-hybridized carbons (Fsp3) is 0.300. The number of amides is 1. The molecule has 3 nitrogen and oxygen atoms in total. The summed E-state index contributed by atoms with van der Waals surface area (Å²) in [5.74, 6) is -11.7. The molecular weight excluding hydrogens is 259 g/mol. The minimum atomic E-state index is -2.28. The minimum absolute atomic E-state index is 0.286. The van der Waals surface area contributed by atoms with E-state index in [1.807, 2.05) is 0 Å². The first-order valence-electron chi connectivity index (χ1n) is 4.89. The Morgan fingerprint density at radius 1 is 0.944 bits per heavy atom. The van der Waals surface area contributed by atoms with E-state index in [-0.39, 0.29) is 12.8 Å². The summed E-state index contributed by atoms with van der Waals surface area (Å²) >= 11 is 0. The molecule has 3 N–H and O–H groups in total. The molecule has 0 aromatic heterocycles. The van der Waals surface area contributed by atoms with Gasteiger partial charge < -0.3 is 11.1 Å². The van der Waals surface area contributed by atoms with Gasteiger partial charge in [-0.15, -0.1) is 0 Å². The number of hydrogen-bond acceptors (Lipinski definition) is 2. The van der Waals surface area contributed by atoms with Crippen molar-refractivity contribution < 1.29 is 26.7 Å². The predicted molar refractivity (Wildman–Crippen MR) is 51.0 cm³/mol. The van der Waals surface area contributed by atoms with Crippen molar-refractivity contribution >= 4 is 11.6 Å². The van der Waals surface area contributed by atoms with Crippen LogP contribution in [-0.4, -0.2) is 11.4 Å². The molecule has 1 amide bonds. The SMILES string of the molecule is NC1(C(=O)Nc2c(F)c(F)c(F)c(F)c2F)CC1. The van der Waals surface area contributed by atoms with Crippen LogP contribution in [0.25, 0.3) is 0 Å². The van der Waals surface area contributed by atoms with Crippen LogP contribution in [-0.2, 0) is 4.79 Å². The van der Waals surface area contributed by atoms with Gasteiger partial charge in [-0.05, 0) is 12.8 Å². The van der Waals surface area contributed by atoms with Crippen molar-refractivity contribution in [2.75, 3.05) is 5.32 Å². The second-order valence-electron chi connectivity index (χ2n) is 4.06. The number of benzene rings is 1. The third-order valence-corrected chi connectivity index (χ3v) is 2.69. The second-order valence-corrected chi connectivity index (χ2v) is 4.06. The summed E-state index contributed by atoms with van der Waals surface area (Å²) in [6, 6.07) is 0. The lowest BCUT2D eigenvalue weighted by atomic mass is 10.2. The third-order valence-electron chi connectivity index (χ3n) is 2.69. The normalized spacial score (nSPS) is 16.6. The molecular formula is C10H7F5N2O. The maximum Gasteiger partial charge on any atom is 0.244 e. The summed E-state index contributed by atoms with van der Waals surface area (Å²) in [6.45, 7) is 0. The maximum atomic E-state index is 13.2. The average molecular weight is 266 g/mol. The van der Waals surface area contributed by atoms with Crippen molar-refractivity contribution in [2.24, 2.45) is 5.73 Å². The van der Waals surface area contributed by atoms with Crippen molar-refractivity contribution in [2.45, 2.75) is 18.4 Å². The van der Waals surface area contributed by atoms with Crippen molar-refractivity contribution in [1.29, 1.82) is 0 Å². The highest BCUT2D eigenvalue weighted by molar-refractivity contribution is 6.00. The van der Waals surface area contributed by atoms with Crippen LogP contribution in [0, 0.1) is 29.1 Å². The Morgan fingerprint density at radius 2 is 1.33 bits per heavy atom. The molecule has 1 saturated carbocycles. The van der Waals surface area contributed by atoms with E-state index in [9.17, 15) is 26.7 Å². The molecule has 1 aromatic rings. The van der Waals surface area contributed by atoms with Gasteiger partial charge in [-0.25, -0.2) is 22.0 Å². The molecule has 0 saturated heterocycles. The van der Waals surface area contributed by atoms with Gasteiger partial charge in [0.1, 0.15) is 5.69 Å². The Bertz CT molecular complexity index is 513. The molecule has 1 aliphatic carbocycles. The highest BCUT2D eigenvalue weighted by Gasteiger charge is 2.46. The molecule has 0 atom stereocenters. The summed E-state index contributed by atoms with van der Waals surface area (Å²) < 4.78 is 64.7. The number of carbonyl (C=O) groups is 1. The van der Waals surface area contributed by atoms with Crippen molar-refractivity contribution in [3.63, 3.8) is 0 Å². The molecule has 0 bridgehead atoms. The number of rotatable bonds is 2. The summed E-state index contributed by atoms with van der Waals surface area (Å²) in [7, 11) is 0. The van der Waals surface area contributed by atoms with Gasteiger partial charge in [0.25, 0.3) is 0 Å². The number of hydrogen-bond donors (Lipinski definition) is 2. The van der Waals surface area contributed by atoms with Gasteiger partial charge in [-0.3, -0.25) is 4.79 Å². The number of carbonyl (C=O) groups excluding carboxylic acids is 1. The summed E-state index contributed by atoms with van der Waals surface area (Å²) in [5.41, 5.74) is 2.75. The zero-order chi connectivity index (χ0) is 13.7. The zero-order valence-corrected chi connectivity index (χ0v) is 8.79. The molecule has 1 aliphatic rings. The van der Waals surface area contributed by atoms with Crippen molar-refractivity contribution in [3.05, 3.63) is 29.1 Å². The summed E-state index contributed by atoms with van der Waals surface area (Å²) in [6.07, 6.45) is 0.572. The fourth-order valence-corrected chi connectivity index (χ4v) is 1.31. The molecule has 18 heavy (non-hydrogen) atoms. The molecule has 0 radical (unpaired) electrons. The first-order valence-corrected chi connectivity index (χ1v) is 4.89. The van der Waals surface area contributed by atoms with Crippen LogP contribution < -0.4 is 11.1 Å². The van der Waals surface area contributed by atoms with Crippen LogP contribution in [0.2, 0.25) is 0 Å². The van der Waals surface area contributed by atoms with Gasteiger partial charge in [0.2, 0.25) is 11.7 Å². The fourth-order valence-electron chi connectivity index (χ4n) is 1.31. The predicted octanol–water partition coefficient (Wildman–Crippen LogP) is 1.81. The van der Waals surface area contributed by atoms with E-state index < -0.39 is 46.2 Å². The summed E-state index contributed by atoms with van der Waals surface area (Å²) in [4.78, 5) is 11.4. The Kier molecular flexibility index (Phi) is 2.77. The Morgan fingerprint density at radius 3 is 1.72 bits per heavy atom. The first kappa shape index (κ1) is 12.7. The number of halogens is 5. The molecule has 0 spiro atoms. The van der Waals surface area contributed by atoms with Crippen LogP contribution in [0.15, 0.2) is 0 Å². The van der Waals surface area contributed by atoms with Gasteiger partial charge >= 0.3 is 0 Å². The number of anilines is 1. The monoisotopic (exact) mass is 266 g/mol. The van der Waals surface area contributed by atoms with E-state index in [1.54, 1.807) is 5.32 Å². The van der Waals surface area contributed by atoms with Gasteiger partial charge in [-0.2, -0.15) is 0 Å². The quantitative estimate of drug-likeness (QED) is 0.487. The van der Waals surface area contributed by atoms with Gasteiger partial charge in [0.15, 0.2) is 23.3 Å². The van der Waals surface area contributed by atoms with E-state index >= 15 is 0 Å². The molecule has 98 valence electrons. The minimum Gasteiger partial charge on any atom is -0.319 e. The topological polar surface area (TPSA) is 55.1 Å². The number of nitrogens with one attached hydrogen (secondary N) is 1. The van der Waals surface area contributed by atoms with Gasteiger partial charge in [0.05, 0.1) is 5.54 Å². The van der Waals surface area contributed by atoms with E-state index in [0.29, 0.717) is 0 Å². The van der Waals surface area contributed by atoms with E-state index in [1.165, 1.54) is 0 Å². The van der Waals surface area contributed by atoms with Crippen LogP contribution in [0.5, 0.6) is 0 Å². The first-order chi connectivity index (χ1) is 8.28. The van der Waals surface area contributed by atoms with Crippen LogP contribution in [0.1, 0.15) is 12.8 Å². The van der Waals surface area contributed by atoms with Crippen molar-refractivity contribution in [1.82, 2.24) is 0 Å². The second kappa shape index (κ2) is 3.91. The largest absolute Gasteiger partial charge is 0.319 e. The average Bonchev–Trinajstić information content (AvgIpc) is 3.09. The van der Waals surface area contributed by atoms with E-state index in [4.69, 9.17) is 5.73 Å². The summed E-state index contributed by atoms with van der Waals surface area (Å²) in [5, 5.41) is 1.63. The van der Waals surface area contributed by atoms with Crippen LogP contribution >= 0.6 is 0 Å². The molecule has 8 heteroatoms. The van der Waals surface area contributed by atoms with Crippen LogP contribution in [0.4, 0.5) is 27.6 Å².